The summed E-state index contributed by atoms with van der Waals surface area (Å²) in [7, 11) is -2.16. The monoisotopic (exact) mass is 342 g/mol. The van der Waals surface area contributed by atoms with Gasteiger partial charge in [0, 0.05) is 11.1 Å². The summed E-state index contributed by atoms with van der Waals surface area (Å²) in [5, 5.41) is 0.881. The fraction of sp³-hybridized carbons (Fsp3) is 0.167. The Kier molecular flexibility index (Phi) is 4.15. The molecule has 3 rings (SSSR count). The van der Waals surface area contributed by atoms with E-state index in [0.29, 0.717) is 17.0 Å². The zero-order valence-electron chi connectivity index (χ0n) is 13.7. The number of nitrogens with zero attached hydrogens (tertiary/aromatic N) is 1. The predicted molar refractivity (Wildman–Crippen MR) is 95.0 cm³/mol. The van der Waals surface area contributed by atoms with Gasteiger partial charge in [0.05, 0.1) is 23.2 Å². The summed E-state index contributed by atoms with van der Waals surface area (Å²) in [6.07, 6.45) is 0. The van der Waals surface area contributed by atoms with Gasteiger partial charge < -0.3 is 4.74 Å². The van der Waals surface area contributed by atoms with Gasteiger partial charge in [-0.1, -0.05) is 18.2 Å². The molecule has 0 fully saturated rings. The van der Waals surface area contributed by atoms with Gasteiger partial charge in [0.25, 0.3) is 10.0 Å². The summed E-state index contributed by atoms with van der Waals surface area (Å²) < 4.78 is 33.2. The molecular formula is C18H18N2O3S. The van der Waals surface area contributed by atoms with Gasteiger partial charge in [0.1, 0.15) is 5.75 Å². The Morgan fingerprint density at radius 1 is 1.04 bits per heavy atom. The number of para-hydroxylation sites is 1. The van der Waals surface area contributed by atoms with Crippen molar-refractivity contribution in [1.29, 1.82) is 0 Å². The second-order valence-corrected chi connectivity index (χ2v) is 7.25. The first-order valence-electron chi connectivity index (χ1n) is 7.44. The van der Waals surface area contributed by atoms with E-state index in [2.05, 4.69) is 9.71 Å². The summed E-state index contributed by atoms with van der Waals surface area (Å²) in [6.45, 7) is 3.68. The minimum Gasteiger partial charge on any atom is -0.496 e. The van der Waals surface area contributed by atoms with Crippen LogP contribution in [0.25, 0.3) is 10.9 Å². The number of hydrogen-bond acceptors (Lipinski definition) is 4. The Labute approximate surface area is 141 Å². The number of rotatable bonds is 4. The molecule has 3 aromatic rings. The van der Waals surface area contributed by atoms with Crippen LogP contribution in [0.1, 0.15) is 11.3 Å². The largest absolute Gasteiger partial charge is 0.496 e. The molecule has 0 saturated heterocycles. The lowest BCUT2D eigenvalue weighted by Crippen LogP contribution is -2.13. The summed E-state index contributed by atoms with van der Waals surface area (Å²) in [4.78, 5) is 4.64. The number of ether oxygens (including phenoxy) is 1. The molecule has 0 aliphatic carbocycles. The van der Waals surface area contributed by atoms with Crippen molar-refractivity contribution in [3.05, 3.63) is 59.8 Å². The molecule has 6 heteroatoms. The molecule has 0 atom stereocenters. The molecule has 0 aliphatic heterocycles. The van der Waals surface area contributed by atoms with Crippen LogP contribution < -0.4 is 9.46 Å². The zero-order chi connectivity index (χ0) is 17.3. The lowest BCUT2D eigenvalue weighted by molar-refractivity contribution is 0.411. The molecule has 0 saturated carbocycles. The molecule has 1 N–H and O–H groups in total. The molecule has 0 aliphatic rings. The van der Waals surface area contributed by atoms with Crippen molar-refractivity contribution in [2.75, 3.05) is 11.8 Å². The Balaban J connectivity index is 2.04. The van der Waals surface area contributed by atoms with E-state index in [1.54, 1.807) is 38.3 Å². The number of methoxy groups -OCH3 is 1. The molecule has 124 valence electrons. The Hall–Kier alpha value is -2.60. The van der Waals surface area contributed by atoms with E-state index in [-0.39, 0.29) is 4.90 Å². The number of benzene rings is 2. The molecule has 24 heavy (non-hydrogen) atoms. The van der Waals surface area contributed by atoms with Gasteiger partial charge in [-0.25, -0.2) is 8.42 Å². The van der Waals surface area contributed by atoms with Gasteiger partial charge in [0.15, 0.2) is 0 Å². The first kappa shape index (κ1) is 16.3. The fourth-order valence-electron chi connectivity index (χ4n) is 2.55. The number of hydrogen-bond donors (Lipinski definition) is 1. The van der Waals surface area contributed by atoms with Crippen LogP contribution in [0.5, 0.6) is 5.75 Å². The van der Waals surface area contributed by atoms with Crippen molar-refractivity contribution in [1.82, 2.24) is 4.98 Å². The summed E-state index contributed by atoms with van der Waals surface area (Å²) >= 11 is 0. The van der Waals surface area contributed by atoms with Crippen LogP contribution in [0, 0.1) is 13.8 Å². The average molecular weight is 342 g/mol. The maximum absolute atomic E-state index is 12.7. The molecule has 1 heterocycles. The predicted octanol–water partition coefficient (Wildman–Crippen LogP) is 3.66. The number of sulfonamides is 1. The number of aromatic nitrogens is 1. The van der Waals surface area contributed by atoms with Crippen molar-refractivity contribution in [2.24, 2.45) is 0 Å². The second-order valence-electron chi connectivity index (χ2n) is 5.57. The van der Waals surface area contributed by atoms with Gasteiger partial charge in [0.2, 0.25) is 0 Å². The third kappa shape index (κ3) is 3.05. The van der Waals surface area contributed by atoms with Gasteiger partial charge in [-0.2, -0.15) is 0 Å². The van der Waals surface area contributed by atoms with Gasteiger partial charge >= 0.3 is 0 Å². The molecule has 2 aromatic carbocycles. The first-order chi connectivity index (χ1) is 11.4. The highest BCUT2D eigenvalue weighted by Gasteiger charge is 2.17. The van der Waals surface area contributed by atoms with E-state index in [4.69, 9.17) is 4.74 Å². The highest BCUT2D eigenvalue weighted by atomic mass is 32.2. The van der Waals surface area contributed by atoms with E-state index in [0.717, 1.165) is 16.6 Å². The molecule has 0 unspecified atom stereocenters. The minimum absolute atomic E-state index is 0.186. The van der Waals surface area contributed by atoms with Gasteiger partial charge in [-0.15, -0.1) is 0 Å². The maximum Gasteiger partial charge on any atom is 0.261 e. The van der Waals surface area contributed by atoms with E-state index in [9.17, 15) is 8.42 Å². The lowest BCUT2D eigenvalue weighted by Gasteiger charge is -2.12. The molecule has 0 spiro atoms. The van der Waals surface area contributed by atoms with E-state index in [1.165, 1.54) is 6.07 Å². The molecule has 0 amide bonds. The number of aryl methyl sites for hydroxylation is 2. The fourth-order valence-corrected chi connectivity index (χ4v) is 3.70. The van der Waals surface area contributed by atoms with Gasteiger partial charge in [-0.05, 0) is 49.7 Å². The highest BCUT2D eigenvalue weighted by molar-refractivity contribution is 7.92. The van der Waals surface area contributed by atoms with Crippen LogP contribution in [-0.4, -0.2) is 20.5 Å². The van der Waals surface area contributed by atoms with Crippen LogP contribution in [-0.2, 0) is 10.0 Å². The van der Waals surface area contributed by atoms with Crippen LogP contribution in [0.2, 0.25) is 0 Å². The number of pyridine rings is 1. The number of fused-ring (bicyclic) bond motifs is 1. The SMILES string of the molecule is COc1ccc(S(=O)(=O)Nc2cccc3ccc(C)nc23)cc1C. The van der Waals surface area contributed by atoms with Crippen molar-refractivity contribution in [2.45, 2.75) is 18.7 Å². The van der Waals surface area contributed by atoms with Crippen molar-refractivity contribution >= 4 is 26.6 Å². The average Bonchev–Trinajstić information content (AvgIpc) is 2.55. The van der Waals surface area contributed by atoms with Crippen molar-refractivity contribution < 1.29 is 13.2 Å². The Morgan fingerprint density at radius 2 is 1.83 bits per heavy atom. The Morgan fingerprint density at radius 3 is 2.54 bits per heavy atom. The Bertz CT molecular complexity index is 1010. The third-order valence-electron chi connectivity index (χ3n) is 3.78. The summed E-state index contributed by atoms with van der Waals surface area (Å²) in [5.74, 6) is 0.649. The van der Waals surface area contributed by atoms with E-state index < -0.39 is 10.0 Å². The summed E-state index contributed by atoms with van der Waals surface area (Å²) in [5.41, 5.74) is 2.68. The van der Waals surface area contributed by atoms with Crippen LogP contribution in [0.3, 0.4) is 0 Å². The van der Waals surface area contributed by atoms with Crippen molar-refractivity contribution in [3.63, 3.8) is 0 Å². The standard InChI is InChI=1S/C18H18N2O3S/c1-12-11-15(9-10-17(12)23-3)24(21,22)20-16-6-4-5-14-8-7-13(2)19-18(14)16/h4-11,20H,1-3H3. The molecular weight excluding hydrogens is 324 g/mol. The smallest absolute Gasteiger partial charge is 0.261 e. The maximum atomic E-state index is 12.7. The van der Waals surface area contributed by atoms with E-state index in [1.807, 2.05) is 25.1 Å². The lowest BCUT2D eigenvalue weighted by atomic mass is 10.2. The van der Waals surface area contributed by atoms with Gasteiger partial charge in [-0.3, -0.25) is 9.71 Å². The quantitative estimate of drug-likeness (QED) is 0.785. The highest BCUT2D eigenvalue weighted by Crippen LogP contribution is 2.26. The summed E-state index contributed by atoms with van der Waals surface area (Å²) in [6, 6.07) is 14.0. The normalized spacial score (nSPS) is 11.5. The molecule has 1 aromatic heterocycles. The van der Waals surface area contributed by atoms with Crippen molar-refractivity contribution in [3.8, 4) is 5.75 Å². The molecule has 5 nitrogen and oxygen atoms in total. The second kappa shape index (κ2) is 6.13. The van der Waals surface area contributed by atoms with Crippen LogP contribution >= 0.6 is 0 Å². The van der Waals surface area contributed by atoms with Crippen LogP contribution in [0.4, 0.5) is 5.69 Å². The number of nitrogens with one attached hydrogen (secondary N) is 1. The minimum atomic E-state index is -3.71. The first-order valence-corrected chi connectivity index (χ1v) is 8.93. The zero-order valence-corrected chi connectivity index (χ0v) is 14.5. The van der Waals surface area contributed by atoms with Crippen LogP contribution in [0.15, 0.2) is 53.4 Å². The van der Waals surface area contributed by atoms with E-state index >= 15 is 0 Å². The number of anilines is 1. The molecule has 0 radical (unpaired) electrons. The third-order valence-corrected chi connectivity index (χ3v) is 5.14. The topological polar surface area (TPSA) is 68.3 Å². The molecule has 0 bridgehead atoms.